The van der Waals surface area contributed by atoms with E-state index in [2.05, 4.69) is 4.98 Å². The maximum Gasteiger partial charge on any atom is 0.405 e. The van der Waals surface area contributed by atoms with E-state index in [0.717, 1.165) is 0 Å². The summed E-state index contributed by atoms with van der Waals surface area (Å²) in [4.78, 5) is 38.5. The lowest BCUT2D eigenvalue weighted by Gasteiger charge is -2.29. The third-order valence-electron chi connectivity index (χ3n) is 4.11. The van der Waals surface area contributed by atoms with Gasteiger partial charge in [-0.05, 0) is 25.0 Å². The van der Waals surface area contributed by atoms with Gasteiger partial charge in [-0.2, -0.15) is 17.5 Å². The summed E-state index contributed by atoms with van der Waals surface area (Å²) >= 11 is 0. The fraction of sp³-hybridized carbons (Fsp3) is 0.500. The lowest BCUT2D eigenvalue weighted by molar-refractivity contribution is -0.153. The van der Waals surface area contributed by atoms with Gasteiger partial charge >= 0.3 is 18.2 Å². The smallest absolute Gasteiger partial charge is 0.405 e. The first-order chi connectivity index (χ1) is 14.0. The molecule has 2 heterocycles. The predicted octanol–water partition coefficient (Wildman–Crippen LogP) is 0.414. The summed E-state index contributed by atoms with van der Waals surface area (Å²) in [6.07, 6.45) is -1.65. The van der Waals surface area contributed by atoms with Gasteiger partial charge in [0.05, 0.1) is 5.92 Å². The van der Waals surface area contributed by atoms with Gasteiger partial charge in [0.15, 0.2) is 6.61 Å². The summed E-state index contributed by atoms with van der Waals surface area (Å²) in [5.41, 5.74) is 0. The molecular formula is C16H19F3N4O6S. The standard InChI is InChI=1S/C16H19F3N4O6S/c17-16(18,19)10-21-15(26)22-13(24)9-29-14(25)11-3-6-23(7-4-11)30(27,28)12-2-1-5-20-8-12/h1-2,5,8,11H,3-4,6-7,9-10H2,(H2,21,22,24,26). The zero-order valence-corrected chi connectivity index (χ0v) is 16.3. The fourth-order valence-electron chi connectivity index (χ4n) is 2.62. The molecule has 1 saturated heterocycles. The van der Waals surface area contributed by atoms with Crippen LogP contribution in [0.2, 0.25) is 0 Å². The first-order valence-corrected chi connectivity index (χ1v) is 10.1. The molecule has 0 unspecified atom stereocenters. The second kappa shape index (κ2) is 9.84. The highest BCUT2D eigenvalue weighted by molar-refractivity contribution is 7.89. The van der Waals surface area contributed by atoms with Crippen LogP contribution in [-0.4, -0.2) is 68.0 Å². The number of imide groups is 1. The van der Waals surface area contributed by atoms with E-state index in [9.17, 15) is 36.0 Å². The molecule has 166 valence electrons. The van der Waals surface area contributed by atoms with Crippen LogP contribution in [0.5, 0.6) is 0 Å². The number of rotatable bonds is 6. The molecule has 0 aromatic carbocycles. The van der Waals surface area contributed by atoms with E-state index in [1.165, 1.54) is 34.1 Å². The number of urea groups is 1. The van der Waals surface area contributed by atoms with E-state index in [-0.39, 0.29) is 30.8 Å². The zero-order valence-electron chi connectivity index (χ0n) is 15.5. The number of nitrogens with zero attached hydrogens (tertiary/aromatic N) is 2. The summed E-state index contributed by atoms with van der Waals surface area (Å²) in [7, 11) is -3.74. The second-order valence-electron chi connectivity index (χ2n) is 6.32. The van der Waals surface area contributed by atoms with Gasteiger partial charge < -0.3 is 10.1 Å². The van der Waals surface area contributed by atoms with Gasteiger partial charge in [0.25, 0.3) is 5.91 Å². The number of carbonyl (C=O) groups is 3. The Morgan fingerprint density at radius 2 is 1.90 bits per heavy atom. The van der Waals surface area contributed by atoms with Crippen molar-refractivity contribution in [2.24, 2.45) is 5.92 Å². The topological polar surface area (TPSA) is 135 Å². The molecule has 1 aromatic rings. The summed E-state index contributed by atoms with van der Waals surface area (Å²) in [6, 6.07) is 1.53. The molecule has 14 heteroatoms. The Kier molecular flexibility index (Phi) is 7.72. The molecule has 1 aliphatic heterocycles. The molecule has 2 N–H and O–H groups in total. The van der Waals surface area contributed by atoms with Crippen LogP contribution < -0.4 is 10.6 Å². The minimum atomic E-state index is -4.63. The molecule has 2 rings (SSSR count). The summed E-state index contributed by atoms with van der Waals surface area (Å²) in [5, 5.41) is 3.03. The van der Waals surface area contributed by atoms with Gasteiger partial charge in [-0.3, -0.25) is 19.9 Å². The van der Waals surface area contributed by atoms with E-state index < -0.39 is 53.2 Å². The molecule has 30 heavy (non-hydrogen) atoms. The molecule has 1 aliphatic rings. The van der Waals surface area contributed by atoms with Gasteiger partial charge in [-0.25, -0.2) is 13.2 Å². The number of amides is 3. The maximum absolute atomic E-state index is 12.5. The molecule has 0 saturated carbocycles. The highest BCUT2D eigenvalue weighted by atomic mass is 32.2. The van der Waals surface area contributed by atoms with Gasteiger partial charge in [0.2, 0.25) is 10.0 Å². The summed E-state index contributed by atoms with van der Waals surface area (Å²) < 4.78 is 66.9. The number of alkyl halides is 3. The molecule has 0 radical (unpaired) electrons. The highest BCUT2D eigenvalue weighted by Gasteiger charge is 2.33. The maximum atomic E-state index is 12.5. The van der Waals surface area contributed by atoms with Crippen LogP contribution in [0.4, 0.5) is 18.0 Å². The van der Waals surface area contributed by atoms with Crippen LogP contribution in [0.3, 0.4) is 0 Å². The predicted molar refractivity (Wildman–Crippen MR) is 94.3 cm³/mol. The average molecular weight is 452 g/mol. The zero-order chi connectivity index (χ0) is 22.4. The Morgan fingerprint density at radius 3 is 2.47 bits per heavy atom. The van der Waals surface area contributed by atoms with Gasteiger partial charge in [-0.15, -0.1) is 0 Å². The molecule has 0 aliphatic carbocycles. The van der Waals surface area contributed by atoms with Crippen LogP contribution in [-0.2, 0) is 24.3 Å². The van der Waals surface area contributed by atoms with E-state index >= 15 is 0 Å². The minimum Gasteiger partial charge on any atom is -0.455 e. The average Bonchev–Trinajstić information content (AvgIpc) is 2.71. The normalized spacial score (nSPS) is 16.0. The van der Waals surface area contributed by atoms with Crippen molar-refractivity contribution in [2.45, 2.75) is 23.9 Å². The number of hydrogen-bond acceptors (Lipinski definition) is 7. The molecule has 0 bridgehead atoms. The van der Waals surface area contributed by atoms with E-state index in [4.69, 9.17) is 4.74 Å². The van der Waals surface area contributed by atoms with Crippen molar-refractivity contribution >= 4 is 27.9 Å². The van der Waals surface area contributed by atoms with E-state index in [1.807, 2.05) is 0 Å². The number of nitrogens with one attached hydrogen (secondary N) is 2. The number of aromatic nitrogens is 1. The molecule has 3 amide bonds. The van der Waals surface area contributed by atoms with Crippen molar-refractivity contribution in [3.05, 3.63) is 24.5 Å². The van der Waals surface area contributed by atoms with Crippen molar-refractivity contribution in [3.8, 4) is 0 Å². The van der Waals surface area contributed by atoms with Crippen LogP contribution in [0.1, 0.15) is 12.8 Å². The SMILES string of the molecule is O=C(COC(=O)C1CCN(S(=O)(=O)c2cccnc2)CC1)NC(=O)NCC(F)(F)F. The van der Waals surface area contributed by atoms with Crippen LogP contribution in [0, 0.1) is 5.92 Å². The molecule has 10 nitrogen and oxygen atoms in total. The van der Waals surface area contributed by atoms with Gasteiger partial charge in [0, 0.05) is 25.5 Å². The first kappa shape index (κ1) is 23.5. The number of sulfonamides is 1. The largest absolute Gasteiger partial charge is 0.455 e. The van der Waals surface area contributed by atoms with E-state index in [0.29, 0.717) is 0 Å². The van der Waals surface area contributed by atoms with Crippen molar-refractivity contribution in [1.82, 2.24) is 19.9 Å². The van der Waals surface area contributed by atoms with Gasteiger partial charge in [-0.1, -0.05) is 0 Å². The monoisotopic (exact) mass is 452 g/mol. The lowest BCUT2D eigenvalue weighted by Crippen LogP contribution is -2.45. The van der Waals surface area contributed by atoms with Gasteiger partial charge in [0.1, 0.15) is 11.4 Å². The van der Waals surface area contributed by atoms with Crippen molar-refractivity contribution < 1.29 is 40.7 Å². The Labute approximate surface area is 169 Å². The summed E-state index contributed by atoms with van der Waals surface area (Å²) in [6.45, 7) is -2.36. The molecule has 0 spiro atoms. The quantitative estimate of drug-likeness (QED) is 0.597. The Balaban J connectivity index is 1.75. The third-order valence-corrected chi connectivity index (χ3v) is 5.99. The highest BCUT2D eigenvalue weighted by Crippen LogP contribution is 2.24. The number of piperidine rings is 1. The Morgan fingerprint density at radius 1 is 1.23 bits per heavy atom. The molecule has 1 aromatic heterocycles. The summed E-state index contributed by atoms with van der Waals surface area (Å²) in [5.74, 6) is -2.52. The van der Waals surface area contributed by atoms with Crippen molar-refractivity contribution in [2.75, 3.05) is 26.2 Å². The number of carbonyl (C=O) groups excluding carboxylic acids is 3. The van der Waals surface area contributed by atoms with Crippen LogP contribution >= 0.6 is 0 Å². The number of esters is 1. The number of hydrogen-bond donors (Lipinski definition) is 2. The first-order valence-electron chi connectivity index (χ1n) is 8.70. The van der Waals surface area contributed by atoms with E-state index in [1.54, 1.807) is 5.32 Å². The van der Waals surface area contributed by atoms with Crippen molar-refractivity contribution in [3.63, 3.8) is 0 Å². The molecule has 0 atom stereocenters. The van der Waals surface area contributed by atoms with Crippen molar-refractivity contribution in [1.29, 1.82) is 0 Å². The molecule has 1 fully saturated rings. The fourth-order valence-corrected chi connectivity index (χ4v) is 4.06. The number of halogens is 3. The Hall–Kier alpha value is -2.74. The Bertz CT molecular complexity index is 871. The van der Waals surface area contributed by atoms with Crippen LogP contribution in [0.15, 0.2) is 29.4 Å². The number of pyridine rings is 1. The van der Waals surface area contributed by atoms with Crippen LogP contribution in [0.25, 0.3) is 0 Å². The third kappa shape index (κ3) is 6.95. The number of ether oxygens (including phenoxy) is 1. The lowest BCUT2D eigenvalue weighted by atomic mass is 9.98. The second-order valence-corrected chi connectivity index (χ2v) is 8.26. The minimum absolute atomic E-state index is 0.0338. The molecular weight excluding hydrogens is 433 g/mol.